The Balaban J connectivity index is 1.60. The highest BCUT2D eigenvalue weighted by Crippen LogP contribution is 2.15. The van der Waals surface area contributed by atoms with Crippen molar-refractivity contribution in [2.45, 2.75) is 26.3 Å². The van der Waals surface area contributed by atoms with E-state index in [1.54, 1.807) is 18.7 Å². The Morgan fingerprint density at radius 2 is 1.96 bits per heavy atom. The number of benzene rings is 1. The molecule has 0 unspecified atom stereocenters. The predicted octanol–water partition coefficient (Wildman–Crippen LogP) is 2.32. The summed E-state index contributed by atoms with van der Waals surface area (Å²) < 4.78 is 12.3. The molecule has 0 bridgehead atoms. The van der Waals surface area contributed by atoms with Gasteiger partial charge in [-0.15, -0.1) is 10.2 Å². The first-order chi connectivity index (χ1) is 12.0. The van der Waals surface area contributed by atoms with Gasteiger partial charge in [0, 0.05) is 6.42 Å². The second-order valence-electron chi connectivity index (χ2n) is 5.49. The highest BCUT2D eigenvalue weighted by Gasteiger charge is 2.16. The Kier molecular flexibility index (Phi) is 4.73. The smallest absolute Gasteiger partial charge is 0.390 e. The molecule has 3 aromatic rings. The molecule has 2 aromatic heterocycles. The number of hydrogen-bond donors (Lipinski definition) is 0. The van der Waals surface area contributed by atoms with Crippen LogP contribution in [0, 0.1) is 17.0 Å². The quantitative estimate of drug-likeness (QED) is 0.478. The summed E-state index contributed by atoms with van der Waals surface area (Å²) >= 11 is 0. The zero-order chi connectivity index (χ0) is 17.8. The molecule has 0 aliphatic carbocycles. The molecule has 1 aromatic carbocycles. The molecule has 25 heavy (non-hydrogen) atoms. The van der Waals surface area contributed by atoms with Gasteiger partial charge in [0.05, 0.1) is 36.9 Å². The molecule has 0 atom stereocenters. The molecule has 0 spiro atoms. The van der Waals surface area contributed by atoms with Crippen LogP contribution in [0.3, 0.4) is 0 Å². The first-order valence-corrected chi connectivity index (χ1v) is 7.68. The van der Waals surface area contributed by atoms with Crippen LogP contribution < -0.4 is 4.74 Å². The maximum atomic E-state index is 10.7. The minimum Gasteiger partial charge on any atom is -0.497 e. The van der Waals surface area contributed by atoms with Gasteiger partial charge in [-0.05, 0) is 29.5 Å². The average Bonchev–Trinajstić information content (AvgIpc) is 3.20. The molecule has 0 radical (unpaired) electrons. The Hall–Kier alpha value is -3.23. The lowest BCUT2D eigenvalue weighted by Gasteiger charge is -2.00. The van der Waals surface area contributed by atoms with Gasteiger partial charge in [0.1, 0.15) is 5.75 Å². The minimum absolute atomic E-state index is 0.164. The number of hydrogen-bond acceptors (Lipinski definition) is 7. The summed E-state index contributed by atoms with van der Waals surface area (Å²) in [4.78, 5) is 10.2. The number of aryl methyl sites for hydroxylation is 3. The Labute approximate surface area is 143 Å². The van der Waals surface area contributed by atoms with Crippen molar-refractivity contribution in [3.05, 3.63) is 63.5 Å². The van der Waals surface area contributed by atoms with Crippen molar-refractivity contribution in [3.63, 3.8) is 0 Å². The third-order valence-electron chi connectivity index (χ3n) is 3.72. The van der Waals surface area contributed by atoms with E-state index in [4.69, 9.17) is 9.15 Å². The molecule has 130 valence electrons. The molecule has 9 heteroatoms. The first-order valence-electron chi connectivity index (χ1n) is 7.68. The van der Waals surface area contributed by atoms with Crippen LogP contribution in [0.4, 0.5) is 5.82 Å². The van der Waals surface area contributed by atoms with E-state index in [0.717, 1.165) is 11.3 Å². The minimum atomic E-state index is -0.511. The zero-order valence-corrected chi connectivity index (χ0v) is 13.9. The van der Waals surface area contributed by atoms with Gasteiger partial charge in [0.25, 0.3) is 0 Å². The van der Waals surface area contributed by atoms with Crippen LogP contribution >= 0.6 is 0 Å². The molecule has 0 saturated heterocycles. The Bertz CT molecular complexity index is 869. The molecule has 2 heterocycles. The standard InChI is InChI=1S/C16H17N5O4/c1-11-9-14(21(22)23)19-20(11)8-7-15-17-18-16(25-15)10-12-3-5-13(24-2)6-4-12/h3-6,9H,7-8,10H2,1-2H3. The summed E-state index contributed by atoms with van der Waals surface area (Å²) in [7, 11) is 1.62. The third-order valence-corrected chi connectivity index (χ3v) is 3.72. The molecular weight excluding hydrogens is 326 g/mol. The van der Waals surface area contributed by atoms with Crippen molar-refractivity contribution in [3.8, 4) is 5.75 Å². The zero-order valence-electron chi connectivity index (χ0n) is 13.9. The van der Waals surface area contributed by atoms with E-state index in [0.29, 0.717) is 36.9 Å². The predicted molar refractivity (Wildman–Crippen MR) is 87.4 cm³/mol. The normalized spacial score (nSPS) is 10.8. The van der Waals surface area contributed by atoms with Gasteiger partial charge in [-0.25, -0.2) is 0 Å². The van der Waals surface area contributed by atoms with E-state index in [1.807, 2.05) is 24.3 Å². The van der Waals surface area contributed by atoms with Gasteiger partial charge in [0.15, 0.2) is 0 Å². The molecule has 0 fully saturated rings. The summed E-state index contributed by atoms with van der Waals surface area (Å²) in [5.41, 5.74) is 1.75. The summed E-state index contributed by atoms with van der Waals surface area (Å²) in [6.45, 7) is 2.20. The van der Waals surface area contributed by atoms with Gasteiger partial charge in [-0.1, -0.05) is 12.1 Å². The highest BCUT2D eigenvalue weighted by molar-refractivity contribution is 5.28. The number of nitrogens with zero attached hydrogens (tertiary/aromatic N) is 5. The van der Waals surface area contributed by atoms with E-state index in [9.17, 15) is 10.1 Å². The number of rotatable bonds is 7. The second-order valence-corrected chi connectivity index (χ2v) is 5.49. The lowest BCUT2D eigenvalue weighted by Crippen LogP contribution is -2.05. The molecular formula is C16H17N5O4. The van der Waals surface area contributed by atoms with Gasteiger partial charge in [-0.3, -0.25) is 0 Å². The van der Waals surface area contributed by atoms with Crippen LogP contribution in [0.1, 0.15) is 23.0 Å². The van der Waals surface area contributed by atoms with Gasteiger partial charge < -0.3 is 19.3 Å². The van der Waals surface area contributed by atoms with Gasteiger partial charge in [-0.2, -0.15) is 4.68 Å². The Morgan fingerprint density at radius 3 is 2.60 bits per heavy atom. The van der Waals surface area contributed by atoms with Crippen molar-refractivity contribution >= 4 is 5.82 Å². The summed E-state index contributed by atoms with van der Waals surface area (Å²) in [6, 6.07) is 9.06. The topological polar surface area (TPSA) is 109 Å². The van der Waals surface area contributed by atoms with E-state index in [2.05, 4.69) is 15.3 Å². The fourth-order valence-corrected chi connectivity index (χ4v) is 2.39. The fraction of sp³-hybridized carbons (Fsp3) is 0.312. The van der Waals surface area contributed by atoms with Crippen LogP contribution in [0.15, 0.2) is 34.7 Å². The monoisotopic (exact) mass is 343 g/mol. The third kappa shape index (κ3) is 4.00. The molecule has 3 rings (SSSR count). The fourth-order valence-electron chi connectivity index (χ4n) is 2.39. The Morgan fingerprint density at radius 1 is 1.24 bits per heavy atom. The largest absolute Gasteiger partial charge is 0.497 e. The average molecular weight is 343 g/mol. The highest BCUT2D eigenvalue weighted by atomic mass is 16.6. The lowest BCUT2D eigenvalue weighted by molar-refractivity contribution is -0.389. The van der Waals surface area contributed by atoms with E-state index >= 15 is 0 Å². The van der Waals surface area contributed by atoms with Gasteiger partial charge in [0.2, 0.25) is 11.8 Å². The number of methoxy groups -OCH3 is 1. The van der Waals surface area contributed by atoms with Crippen LogP contribution in [0.2, 0.25) is 0 Å². The van der Waals surface area contributed by atoms with Crippen LogP contribution in [0.5, 0.6) is 5.75 Å². The van der Waals surface area contributed by atoms with Crippen molar-refractivity contribution in [2.75, 3.05) is 7.11 Å². The van der Waals surface area contributed by atoms with Crippen molar-refractivity contribution in [1.29, 1.82) is 0 Å². The number of ether oxygens (including phenoxy) is 1. The maximum Gasteiger partial charge on any atom is 0.390 e. The van der Waals surface area contributed by atoms with Crippen LogP contribution in [-0.4, -0.2) is 32.0 Å². The summed E-state index contributed by atoms with van der Waals surface area (Å²) in [6.07, 6.45) is 0.985. The van der Waals surface area contributed by atoms with Crippen molar-refractivity contribution in [1.82, 2.24) is 20.0 Å². The van der Waals surface area contributed by atoms with E-state index in [1.165, 1.54) is 6.07 Å². The molecule has 0 aliphatic heterocycles. The molecule has 9 nitrogen and oxygen atoms in total. The molecule has 0 N–H and O–H groups in total. The first kappa shape index (κ1) is 16.6. The lowest BCUT2D eigenvalue weighted by atomic mass is 10.1. The van der Waals surface area contributed by atoms with E-state index < -0.39 is 4.92 Å². The molecule has 0 aliphatic rings. The molecule has 0 amide bonds. The number of aromatic nitrogens is 4. The van der Waals surface area contributed by atoms with Crippen molar-refractivity contribution in [2.24, 2.45) is 0 Å². The molecule has 0 saturated carbocycles. The number of nitro groups is 1. The SMILES string of the molecule is COc1ccc(Cc2nnc(CCn3nc([N+](=O)[O-])cc3C)o2)cc1. The van der Waals surface area contributed by atoms with Crippen LogP contribution in [0.25, 0.3) is 0 Å². The van der Waals surface area contributed by atoms with E-state index in [-0.39, 0.29) is 5.82 Å². The van der Waals surface area contributed by atoms with Crippen LogP contribution in [-0.2, 0) is 19.4 Å². The van der Waals surface area contributed by atoms with Gasteiger partial charge >= 0.3 is 5.82 Å². The second kappa shape index (κ2) is 7.12. The summed E-state index contributed by atoms with van der Waals surface area (Å²) in [5, 5.41) is 22.7. The maximum absolute atomic E-state index is 10.7. The van der Waals surface area contributed by atoms with Crippen molar-refractivity contribution < 1.29 is 14.1 Å². The summed E-state index contributed by atoms with van der Waals surface area (Å²) in [5.74, 6) is 1.62.